The van der Waals surface area contributed by atoms with Crippen LogP contribution in [0, 0.1) is 0 Å². The lowest BCUT2D eigenvalue weighted by Gasteiger charge is -2.12. The van der Waals surface area contributed by atoms with Crippen molar-refractivity contribution in [1.82, 2.24) is 0 Å². The van der Waals surface area contributed by atoms with Crippen molar-refractivity contribution in [2.45, 2.75) is 13.0 Å². The number of amides is 1. The van der Waals surface area contributed by atoms with Gasteiger partial charge in [0.05, 0.1) is 5.88 Å². The summed E-state index contributed by atoms with van der Waals surface area (Å²) < 4.78 is 9.57. The van der Waals surface area contributed by atoms with Crippen molar-refractivity contribution >= 4 is 29.4 Å². The molecule has 0 saturated carbocycles. The van der Waals surface area contributed by atoms with Crippen LogP contribution in [0.1, 0.15) is 6.92 Å². The zero-order chi connectivity index (χ0) is 13.4. The van der Waals surface area contributed by atoms with Gasteiger partial charge in [-0.15, -0.1) is 11.6 Å². The average Bonchev–Trinajstić information content (AvgIpc) is 2.36. The van der Waals surface area contributed by atoms with Gasteiger partial charge in [-0.2, -0.15) is 0 Å². The molecular weight excluding hydrogens is 258 g/mol. The first-order chi connectivity index (χ1) is 8.63. The maximum Gasteiger partial charge on any atom is 0.412 e. The Labute approximate surface area is 110 Å². The fourth-order valence-corrected chi connectivity index (χ4v) is 1.21. The number of carbonyl (C=O) groups excluding carboxylic acids is 2. The maximum atomic E-state index is 11.4. The maximum absolute atomic E-state index is 11.4. The Hall–Kier alpha value is -1.75. The number of anilines is 1. The third-order valence-electron chi connectivity index (χ3n) is 1.96. The molecule has 1 N–H and O–H groups in total. The molecule has 0 aliphatic heterocycles. The van der Waals surface area contributed by atoms with Gasteiger partial charge in [0, 0.05) is 5.69 Å². The number of benzene rings is 1. The molecule has 0 saturated heterocycles. The van der Waals surface area contributed by atoms with Gasteiger partial charge in [-0.05, 0) is 19.1 Å². The van der Waals surface area contributed by atoms with E-state index in [0.717, 1.165) is 0 Å². The van der Waals surface area contributed by atoms with Crippen molar-refractivity contribution in [3.05, 3.63) is 30.3 Å². The number of ether oxygens (including phenoxy) is 2. The van der Waals surface area contributed by atoms with Crippen molar-refractivity contribution in [2.24, 2.45) is 0 Å². The van der Waals surface area contributed by atoms with E-state index in [1.807, 2.05) is 6.07 Å². The minimum absolute atomic E-state index is 0.0917. The summed E-state index contributed by atoms with van der Waals surface area (Å²) in [4.78, 5) is 22.7. The lowest BCUT2D eigenvalue weighted by atomic mass is 10.3. The molecular formula is C12H14ClNO4. The number of carbonyl (C=O) groups is 2. The molecule has 1 atom stereocenters. The number of halogens is 1. The Morgan fingerprint density at radius 3 is 2.61 bits per heavy atom. The Bertz CT molecular complexity index is 396. The lowest BCUT2D eigenvalue weighted by molar-refractivity contribution is -0.151. The van der Waals surface area contributed by atoms with E-state index in [1.54, 1.807) is 24.3 Å². The third kappa shape index (κ3) is 5.05. The minimum atomic E-state index is -0.975. The van der Waals surface area contributed by atoms with E-state index in [0.29, 0.717) is 5.69 Å². The minimum Gasteiger partial charge on any atom is -0.462 e. The van der Waals surface area contributed by atoms with E-state index >= 15 is 0 Å². The number of hydrogen-bond acceptors (Lipinski definition) is 4. The molecule has 1 rings (SSSR count). The highest BCUT2D eigenvalue weighted by atomic mass is 35.5. The second kappa shape index (κ2) is 7.55. The Balaban J connectivity index is 2.38. The highest BCUT2D eigenvalue weighted by molar-refractivity contribution is 6.18. The fourth-order valence-electron chi connectivity index (χ4n) is 1.13. The SMILES string of the molecule is C[C@H](OC(=O)Nc1ccccc1)C(=O)OCCCl. The molecule has 1 amide bonds. The molecule has 0 fully saturated rings. The molecule has 0 aromatic heterocycles. The van der Waals surface area contributed by atoms with Gasteiger partial charge in [-0.1, -0.05) is 18.2 Å². The summed E-state index contributed by atoms with van der Waals surface area (Å²) in [5.74, 6) is -0.423. The van der Waals surface area contributed by atoms with Gasteiger partial charge in [0.25, 0.3) is 0 Å². The van der Waals surface area contributed by atoms with Crippen LogP contribution in [0.2, 0.25) is 0 Å². The van der Waals surface area contributed by atoms with E-state index in [4.69, 9.17) is 21.1 Å². The molecule has 98 valence electrons. The van der Waals surface area contributed by atoms with E-state index in [2.05, 4.69) is 5.32 Å². The van der Waals surface area contributed by atoms with Crippen molar-refractivity contribution < 1.29 is 19.1 Å². The first-order valence-electron chi connectivity index (χ1n) is 5.38. The van der Waals surface area contributed by atoms with Gasteiger partial charge in [-0.25, -0.2) is 9.59 Å². The highest BCUT2D eigenvalue weighted by Gasteiger charge is 2.18. The Morgan fingerprint density at radius 1 is 1.33 bits per heavy atom. The van der Waals surface area contributed by atoms with Gasteiger partial charge < -0.3 is 9.47 Å². The average molecular weight is 272 g/mol. The molecule has 0 heterocycles. The molecule has 0 aliphatic carbocycles. The van der Waals surface area contributed by atoms with Crippen LogP contribution in [0.5, 0.6) is 0 Å². The summed E-state index contributed by atoms with van der Waals surface area (Å²) in [6, 6.07) is 8.78. The van der Waals surface area contributed by atoms with Crippen LogP contribution in [-0.2, 0) is 14.3 Å². The number of hydrogen-bond donors (Lipinski definition) is 1. The van der Waals surface area contributed by atoms with Crippen LogP contribution in [0.15, 0.2) is 30.3 Å². The first-order valence-corrected chi connectivity index (χ1v) is 5.92. The van der Waals surface area contributed by atoms with Crippen molar-refractivity contribution in [1.29, 1.82) is 0 Å². The Kier molecular flexibility index (Phi) is 6.00. The Morgan fingerprint density at radius 2 is 2.00 bits per heavy atom. The fraction of sp³-hybridized carbons (Fsp3) is 0.333. The van der Waals surface area contributed by atoms with Crippen LogP contribution >= 0.6 is 11.6 Å². The smallest absolute Gasteiger partial charge is 0.412 e. The molecule has 0 bridgehead atoms. The molecule has 0 spiro atoms. The number of esters is 1. The molecule has 18 heavy (non-hydrogen) atoms. The van der Waals surface area contributed by atoms with Gasteiger partial charge in [-0.3, -0.25) is 5.32 Å². The van der Waals surface area contributed by atoms with E-state index in [9.17, 15) is 9.59 Å². The second-order valence-corrected chi connectivity index (χ2v) is 3.77. The van der Waals surface area contributed by atoms with Crippen molar-refractivity contribution in [2.75, 3.05) is 17.8 Å². The number of nitrogens with one attached hydrogen (secondary N) is 1. The zero-order valence-electron chi connectivity index (χ0n) is 9.89. The van der Waals surface area contributed by atoms with Crippen LogP contribution in [0.3, 0.4) is 0 Å². The van der Waals surface area contributed by atoms with Crippen LogP contribution < -0.4 is 5.32 Å². The van der Waals surface area contributed by atoms with Crippen molar-refractivity contribution in [3.63, 3.8) is 0 Å². The molecule has 5 nitrogen and oxygen atoms in total. The van der Waals surface area contributed by atoms with Gasteiger partial charge >= 0.3 is 12.1 Å². The van der Waals surface area contributed by atoms with Crippen molar-refractivity contribution in [3.8, 4) is 0 Å². The quantitative estimate of drug-likeness (QED) is 0.660. The summed E-state index contributed by atoms with van der Waals surface area (Å²) >= 11 is 5.37. The predicted molar refractivity (Wildman–Crippen MR) is 67.7 cm³/mol. The predicted octanol–water partition coefficient (Wildman–Crippen LogP) is 2.41. The summed E-state index contributed by atoms with van der Waals surface area (Å²) in [5.41, 5.74) is 0.587. The third-order valence-corrected chi connectivity index (χ3v) is 2.11. The molecule has 0 unspecified atom stereocenters. The highest BCUT2D eigenvalue weighted by Crippen LogP contribution is 2.06. The molecule has 6 heteroatoms. The number of rotatable bonds is 5. The molecule has 0 radical (unpaired) electrons. The zero-order valence-corrected chi connectivity index (χ0v) is 10.6. The summed E-state index contributed by atoms with van der Waals surface area (Å²) in [5, 5.41) is 2.49. The number of alkyl halides is 1. The molecule has 0 aliphatic rings. The topological polar surface area (TPSA) is 64.6 Å². The molecule has 1 aromatic carbocycles. The van der Waals surface area contributed by atoms with Gasteiger partial charge in [0.1, 0.15) is 6.61 Å². The van der Waals surface area contributed by atoms with E-state index < -0.39 is 18.2 Å². The van der Waals surface area contributed by atoms with E-state index in [-0.39, 0.29) is 12.5 Å². The van der Waals surface area contributed by atoms with Crippen LogP contribution in [-0.4, -0.2) is 30.7 Å². The second-order valence-electron chi connectivity index (χ2n) is 3.40. The largest absolute Gasteiger partial charge is 0.462 e. The monoisotopic (exact) mass is 271 g/mol. The summed E-state index contributed by atoms with van der Waals surface area (Å²) in [6.45, 7) is 1.52. The summed E-state index contributed by atoms with van der Waals surface area (Å²) in [7, 11) is 0. The summed E-state index contributed by atoms with van der Waals surface area (Å²) in [6.07, 6.45) is -1.69. The molecule has 1 aromatic rings. The van der Waals surface area contributed by atoms with Gasteiger partial charge in [0.2, 0.25) is 0 Å². The number of para-hydroxylation sites is 1. The first kappa shape index (κ1) is 14.3. The standard InChI is InChI=1S/C12H14ClNO4/c1-9(11(15)17-8-7-13)18-12(16)14-10-5-3-2-4-6-10/h2-6,9H,7-8H2,1H3,(H,14,16)/t9-/m0/s1. The van der Waals surface area contributed by atoms with Crippen LogP contribution in [0.25, 0.3) is 0 Å². The normalized spacial score (nSPS) is 11.4. The van der Waals surface area contributed by atoms with Crippen LogP contribution in [0.4, 0.5) is 10.5 Å². The lowest BCUT2D eigenvalue weighted by Crippen LogP contribution is -2.29. The van der Waals surface area contributed by atoms with Gasteiger partial charge in [0.15, 0.2) is 6.10 Å². The van der Waals surface area contributed by atoms with E-state index in [1.165, 1.54) is 6.92 Å².